The van der Waals surface area contributed by atoms with Crippen molar-refractivity contribution in [1.29, 1.82) is 0 Å². The highest BCUT2D eigenvalue weighted by molar-refractivity contribution is 5.55. The van der Waals surface area contributed by atoms with Crippen LogP contribution < -0.4 is 5.73 Å². The minimum absolute atomic E-state index is 0.106. The van der Waals surface area contributed by atoms with E-state index in [1.807, 2.05) is 20.8 Å². The average Bonchev–Trinajstić information content (AvgIpc) is 2.29. The first kappa shape index (κ1) is 8.60. The van der Waals surface area contributed by atoms with Crippen LogP contribution in [0.25, 0.3) is 4.85 Å². The molecule has 0 spiro atoms. The summed E-state index contributed by atoms with van der Waals surface area (Å²) in [6, 6.07) is 0. The zero-order valence-corrected chi connectivity index (χ0v) is 7.38. The molecule has 1 aromatic rings. The molecule has 0 aliphatic heterocycles. The van der Waals surface area contributed by atoms with Gasteiger partial charge in [0.1, 0.15) is 0 Å². The zero-order chi connectivity index (χ0) is 9.35. The van der Waals surface area contributed by atoms with E-state index in [2.05, 4.69) is 9.83 Å². The molecule has 1 heterocycles. The maximum atomic E-state index is 6.72. The molecule has 0 saturated carbocycles. The van der Waals surface area contributed by atoms with Gasteiger partial charge in [0, 0.05) is 0 Å². The van der Waals surface area contributed by atoms with Gasteiger partial charge in [-0.3, -0.25) is 0 Å². The predicted molar refractivity (Wildman–Crippen MR) is 45.9 cm³/mol. The van der Waals surface area contributed by atoms with Crippen LogP contribution in [0.5, 0.6) is 0 Å². The van der Waals surface area contributed by atoms with Gasteiger partial charge >= 0.3 is 5.82 Å². The summed E-state index contributed by atoms with van der Waals surface area (Å²) in [7, 11) is 0. The lowest BCUT2D eigenvalue weighted by atomic mass is 9.97. The number of rotatable bonds is 0. The monoisotopic (exact) mass is 165 g/mol. The molecule has 4 heteroatoms. The fraction of sp³-hybridized carbons (Fsp3) is 0.500. The number of hydrogen-bond donors (Lipinski definition) is 1. The Balaban J connectivity index is 3.16. The van der Waals surface area contributed by atoms with E-state index in [4.69, 9.17) is 16.7 Å². The van der Waals surface area contributed by atoms with Gasteiger partial charge in [0.15, 0.2) is 0 Å². The van der Waals surface area contributed by atoms with E-state index in [9.17, 15) is 0 Å². The highest BCUT2D eigenvalue weighted by Crippen LogP contribution is 2.29. The summed E-state index contributed by atoms with van der Waals surface area (Å²) >= 11 is 0. The minimum Gasteiger partial charge on any atom is -0.417 e. The molecular weight excluding hydrogens is 154 g/mol. The van der Waals surface area contributed by atoms with Crippen LogP contribution >= 0.6 is 0 Å². The Labute approximate surface area is 71.2 Å². The highest BCUT2D eigenvalue weighted by atomic mass is 16.4. The van der Waals surface area contributed by atoms with Crippen molar-refractivity contribution in [1.82, 2.24) is 4.98 Å². The Hall–Kier alpha value is -1.50. The van der Waals surface area contributed by atoms with Gasteiger partial charge in [-0.15, -0.1) is 0 Å². The van der Waals surface area contributed by atoms with Crippen LogP contribution in [-0.2, 0) is 5.41 Å². The van der Waals surface area contributed by atoms with Crippen LogP contribution in [0.15, 0.2) is 4.42 Å². The molecule has 0 bridgehead atoms. The van der Waals surface area contributed by atoms with E-state index in [1.165, 1.54) is 0 Å². The molecule has 0 atom stereocenters. The Kier molecular flexibility index (Phi) is 1.81. The summed E-state index contributed by atoms with van der Waals surface area (Å²) in [5.74, 6) is 0.765. The molecule has 0 amide bonds. The van der Waals surface area contributed by atoms with Gasteiger partial charge in [-0.25, -0.2) is 0 Å². The van der Waals surface area contributed by atoms with Crippen molar-refractivity contribution >= 4 is 11.7 Å². The van der Waals surface area contributed by atoms with Gasteiger partial charge in [0.25, 0.3) is 5.89 Å². The van der Waals surface area contributed by atoms with Crippen LogP contribution in [0.1, 0.15) is 26.7 Å². The third-order valence-electron chi connectivity index (χ3n) is 1.38. The number of oxazole rings is 1. The van der Waals surface area contributed by atoms with Gasteiger partial charge in [0.2, 0.25) is 5.88 Å². The van der Waals surface area contributed by atoms with E-state index >= 15 is 0 Å². The molecule has 0 radical (unpaired) electrons. The molecule has 1 rings (SSSR count). The first-order valence-electron chi connectivity index (χ1n) is 3.59. The van der Waals surface area contributed by atoms with E-state index in [1.54, 1.807) is 0 Å². The van der Waals surface area contributed by atoms with Crippen LogP contribution in [0.4, 0.5) is 11.7 Å². The number of anilines is 1. The largest absolute Gasteiger partial charge is 0.417 e. The molecule has 12 heavy (non-hydrogen) atoms. The lowest BCUT2D eigenvalue weighted by Gasteiger charge is -2.08. The van der Waals surface area contributed by atoms with Crippen molar-refractivity contribution in [3.63, 3.8) is 0 Å². The minimum atomic E-state index is -0.197. The van der Waals surface area contributed by atoms with E-state index in [0.29, 0.717) is 5.89 Å². The van der Waals surface area contributed by atoms with Gasteiger partial charge in [-0.2, -0.15) is 0 Å². The molecule has 2 N–H and O–H groups in total. The maximum absolute atomic E-state index is 6.72. The van der Waals surface area contributed by atoms with Gasteiger partial charge < -0.3 is 15.0 Å². The fourth-order valence-corrected chi connectivity index (χ4v) is 0.725. The summed E-state index contributed by atoms with van der Waals surface area (Å²) in [6.07, 6.45) is 0. The summed E-state index contributed by atoms with van der Waals surface area (Å²) in [5.41, 5.74) is 5.21. The summed E-state index contributed by atoms with van der Waals surface area (Å²) in [6.45, 7) is 12.6. The first-order chi connectivity index (χ1) is 5.45. The SMILES string of the molecule is [C-]#[N+]c1nc(C(C)(C)C)oc1N. The van der Waals surface area contributed by atoms with E-state index < -0.39 is 0 Å². The third kappa shape index (κ3) is 1.40. The van der Waals surface area contributed by atoms with Crippen molar-refractivity contribution in [2.45, 2.75) is 26.2 Å². The van der Waals surface area contributed by atoms with Crippen molar-refractivity contribution < 1.29 is 4.42 Å². The van der Waals surface area contributed by atoms with Crippen molar-refractivity contribution in [2.24, 2.45) is 0 Å². The Morgan fingerprint density at radius 1 is 1.50 bits per heavy atom. The molecule has 0 aromatic carbocycles. The quantitative estimate of drug-likeness (QED) is 0.599. The number of aromatic nitrogens is 1. The van der Waals surface area contributed by atoms with Crippen molar-refractivity contribution in [3.8, 4) is 0 Å². The summed E-state index contributed by atoms with van der Waals surface area (Å²) in [5, 5.41) is 0. The van der Waals surface area contributed by atoms with Gasteiger partial charge in [-0.1, -0.05) is 11.6 Å². The number of nitrogens with zero attached hydrogens (tertiary/aromatic N) is 2. The fourth-order valence-electron chi connectivity index (χ4n) is 0.725. The van der Waals surface area contributed by atoms with Gasteiger partial charge in [0.05, 0.1) is 5.41 Å². The summed E-state index contributed by atoms with van der Waals surface area (Å²) in [4.78, 5) is 7.08. The predicted octanol–water partition coefficient (Wildman–Crippen LogP) is 2.11. The number of nitrogens with two attached hydrogens (primary N) is 1. The molecular formula is C8H11N3O. The molecule has 64 valence electrons. The Morgan fingerprint density at radius 2 is 2.08 bits per heavy atom. The molecule has 0 saturated heterocycles. The topological polar surface area (TPSA) is 56.4 Å². The van der Waals surface area contributed by atoms with Crippen LogP contribution in [0.2, 0.25) is 0 Å². The number of nitrogen functional groups attached to an aromatic ring is 1. The third-order valence-corrected chi connectivity index (χ3v) is 1.38. The van der Waals surface area contributed by atoms with E-state index in [0.717, 1.165) is 0 Å². The standard InChI is InChI=1S/C8H11N3O/c1-8(2,3)7-11-6(10-4)5(9)12-7/h9H2,1-3H3. The molecule has 0 aliphatic rings. The Bertz CT molecular complexity index is 327. The molecule has 1 aromatic heterocycles. The van der Waals surface area contributed by atoms with Crippen LogP contribution in [0, 0.1) is 6.57 Å². The molecule has 0 fully saturated rings. The zero-order valence-electron chi connectivity index (χ0n) is 7.38. The van der Waals surface area contributed by atoms with Crippen molar-refractivity contribution in [2.75, 3.05) is 5.73 Å². The lowest BCUT2D eigenvalue weighted by molar-refractivity contribution is 0.401. The number of hydrogen-bond acceptors (Lipinski definition) is 3. The molecule has 4 nitrogen and oxygen atoms in total. The summed E-state index contributed by atoms with van der Waals surface area (Å²) < 4.78 is 5.12. The van der Waals surface area contributed by atoms with Crippen LogP contribution in [-0.4, -0.2) is 4.98 Å². The lowest BCUT2D eigenvalue weighted by Crippen LogP contribution is -2.10. The maximum Gasteiger partial charge on any atom is 0.332 e. The van der Waals surface area contributed by atoms with Crippen molar-refractivity contribution in [3.05, 3.63) is 17.3 Å². The van der Waals surface area contributed by atoms with E-state index in [-0.39, 0.29) is 17.1 Å². The highest BCUT2D eigenvalue weighted by Gasteiger charge is 2.26. The van der Waals surface area contributed by atoms with Crippen LogP contribution in [0.3, 0.4) is 0 Å². The molecule has 0 aliphatic carbocycles. The Morgan fingerprint density at radius 3 is 2.33 bits per heavy atom. The first-order valence-corrected chi connectivity index (χ1v) is 3.59. The smallest absolute Gasteiger partial charge is 0.332 e. The average molecular weight is 165 g/mol. The van der Waals surface area contributed by atoms with Gasteiger partial charge in [-0.05, 0) is 20.8 Å². The second-order valence-electron chi connectivity index (χ2n) is 3.57. The second-order valence-corrected chi connectivity index (χ2v) is 3.57. The molecule has 0 unspecified atom stereocenters. The second kappa shape index (κ2) is 2.52. The normalized spacial score (nSPS) is 11.2.